The summed E-state index contributed by atoms with van der Waals surface area (Å²) in [7, 11) is 1.81. The van der Waals surface area contributed by atoms with E-state index in [0.29, 0.717) is 6.61 Å². The van der Waals surface area contributed by atoms with E-state index in [0.717, 1.165) is 38.4 Å². The van der Waals surface area contributed by atoms with E-state index in [1.807, 2.05) is 14.0 Å². The highest BCUT2D eigenvalue weighted by Crippen LogP contribution is 2.19. The molecule has 0 amide bonds. The lowest BCUT2D eigenvalue weighted by atomic mass is 9.97. The molecule has 2 rings (SSSR count). The number of hydrogen-bond acceptors (Lipinski definition) is 3. The van der Waals surface area contributed by atoms with Crippen molar-refractivity contribution in [2.75, 3.05) is 26.7 Å². The van der Waals surface area contributed by atoms with Crippen molar-refractivity contribution in [1.82, 2.24) is 10.2 Å². The minimum absolute atomic E-state index is 0.0265. The normalized spacial score (nSPS) is 16.2. The van der Waals surface area contributed by atoms with Crippen molar-refractivity contribution >= 4 is 11.9 Å². The van der Waals surface area contributed by atoms with E-state index in [1.165, 1.54) is 16.7 Å². The maximum atomic E-state index is 11.8. The van der Waals surface area contributed by atoms with Gasteiger partial charge in [-0.15, -0.1) is 0 Å². The average molecular weight is 331 g/mol. The third-order valence-electron chi connectivity index (χ3n) is 4.56. The lowest BCUT2D eigenvalue weighted by Crippen LogP contribution is -2.46. The fourth-order valence-corrected chi connectivity index (χ4v) is 3.14. The van der Waals surface area contributed by atoms with Gasteiger partial charge in [-0.05, 0) is 44.7 Å². The van der Waals surface area contributed by atoms with Crippen LogP contribution in [0.4, 0.5) is 0 Å². The number of hydrogen-bond donors (Lipinski definition) is 1. The molecule has 1 aliphatic rings. The predicted octanol–water partition coefficient (Wildman–Crippen LogP) is 2.65. The summed E-state index contributed by atoms with van der Waals surface area (Å²) in [6.45, 7) is 8.97. The van der Waals surface area contributed by atoms with Crippen LogP contribution in [-0.4, -0.2) is 43.6 Å². The molecule has 24 heavy (non-hydrogen) atoms. The summed E-state index contributed by atoms with van der Waals surface area (Å²) in [5.74, 6) is 0.867. The van der Waals surface area contributed by atoms with Gasteiger partial charge in [0.15, 0.2) is 5.96 Å². The fourth-order valence-electron chi connectivity index (χ4n) is 3.14. The molecule has 0 radical (unpaired) electrons. The summed E-state index contributed by atoms with van der Waals surface area (Å²) in [6, 6.07) is 6.50. The molecule has 0 saturated carbocycles. The molecule has 0 aromatic heterocycles. The molecule has 1 aliphatic heterocycles. The van der Waals surface area contributed by atoms with Gasteiger partial charge in [-0.25, -0.2) is 0 Å². The van der Waals surface area contributed by atoms with Crippen LogP contribution in [0.1, 0.15) is 36.5 Å². The van der Waals surface area contributed by atoms with E-state index in [4.69, 9.17) is 4.74 Å². The molecular weight excluding hydrogens is 302 g/mol. The van der Waals surface area contributed by atoms with Crippen molar-refractivity contribution in [3.63, 3.8) is 0 Å². The van der Waals surface area contributed by atoms with Crippen LogP contribution < -0.4 is 5.32 Å². The van der Waals surface area contributed by atoms with E-state index in [-0.39, 0.29) is 11.9 Å². The van der Waals surface area contributed by atoms with Gasteiger partial charge in [-0.1, -0.05) is 23.8 Å². The number of nitrogens with zero attached hydrogens (tertiary/aromatic N) is 2. The van der Waals surface area contributed by atoms with Gasteiger partial charge in [0, 0.05) is 26.7 Å². The van der Waals surface area contributed by atoms with E-state index in [1.54, 1.807) is 0 Å². The van der Waals surface area contributed by atoms with Gasteiger partial charge in [0.05, 0.1) is 12.5 Å². The van der Waals surface area contributed by atoms with Crippen LogP contribution in [0.15, 0.2) is 23.2 Å². The van der Waals surface area contributed by atoms with Crippen LogP contribution >= 0.6 is 0 Å². The van der Waals surface area contributed by atoms with Crippen molar-refractivity contribution in [3.05, 3.63) is 34.9 Å². The number of piperidine rings is 1. The molecule has 1 heterocycles. The number of carbonyl (C=O) groups is 1. The van der Waals surface area contributed by atoms with Crippen molar-refractivity contribution in [2.45, 2.75) is 40.2 Å². The van der Waals surface area contributed by atoms with E-state index in [2.05, 4.69) is 47.3 Å². The first-order chi connectivity index (χ1) is 11.5. The molecule has 1 fully saturated rings. The zero-order valence-corrected chi connectivity index (χ0v) is 15.3. The number of nitrogens with one attached hydrogen (secondary N) is 1. The number of ether oxygens (including phenoxy) is 1. The summed E-state index contributed by atoms with van der Waals surface area (Å²) < 4.78 is 5.13. The largest absolute Gasteiger partial charge is 0.466 e. The van der Waals surface area contributed by atoms with Crippen LogP contribution in [-0.2, 0) is 16.1 Å². The molecule has 132 valence electrons. The molecule has 0 atom stereocenters. The van der Waals surface area contributed by atoms with Gasteiger partial charge in [0.25, 0.3) is 0 Å². The molecular formula is C19H29N3O2. The van der Waals surface area contributed by atoms with E-state index < -0.39 is 0 Å². The van der Waals surface area contributed by atoms with Gasteiger partial charge in [-0.2, -0.15) is 0 Å². The lowest BCUT2D eigenvalue weighted by Gasteiger charge is -2.33. The predicted molar refractivity (Wildman–Crippen MR) is 97.0 cm³/mol. The highest BCUT2D eigenvalue weighted by Gasteiger charge is 2.27. The second-order valence-corrected chi connectivity index (χ2v) is 6.34. The Morgan fingerprint density at radius 2 is 2.04 bits per heavy atom. The molecule has 5 heteroatoms. The average Bonchev–Trinajstić information content (AvgIpc) is 2.58. The van der Waals surface area contributed by atoms with Gasteiger partial charge >= 0.3 is 5.97 Å². The number of carbonyl (C=O) groups excluding carboxylic acids is 1. The molecule has 0 aliphatic carbocycles. The Kier molecular flexibility index (Phi) is 6.64. The number of likely N-dealkylation sites (tertiary alicyclic amines) is 1. The third-order valence-corrected chi connectivity index (χ3v) is 4.56. The maximum Gasteiger partial charge on any atom is 0.309 e. The third kappa shape index (κ3) is 4.73. The van der Waals surface area contributed by atoms with Crippen LogP contribution in [0.2, 0.25) is 0 Å². The number of rotatable bonds is 4. The first-order valence-corrected chi connectivity index (χ1v) is 8.73. The molecule has 0 spiro atoms. The van der Waals surface area contributed by atoms with E-state index >= 15 is 0 Å². The van der Waals surface area contributed by atoms with Crippen molar-refractivity contribution < 1.29 is 9.53 Å². The number of aryl methyl sites for hydroxylation is 2. The molecule has 1 N–H and O–H groups in total. The Morgan fingerprint density at radius 3 is 2.62 bits per heavy atom. The lowest BCUT2D eigenvalue weighted by molar-refractivity contribution is -0.149. The number of guanidine groups is 1. The topological polar surface area (TPSA) is 53.9 Å². The van der Waals surface area contributed by atoms with Gasteiger partial charge in [0.2, 0.25) is 0 Å². The second kappa shape index (κ2) is 8.71. The van der Waals surface area contributed by atoms with Crippen LogP contribution in [0.25, 0.3) is 0 Å². The summed E-state index contributed by atoms with van der Waals surface area (Å²) >= 11 is 0. The zero-order valence-electron chi connectivity index (χ0n) is 15.3. The molecule has 0 unspecified atom stereocenters. The molecule has 5 nitrogen and oxygen atoms in total. The Balaban J connectivity index is 1.88. The van der Waals surface area contributed by atoms with Crippen molar-refractivity contribution in [3.8, 4) is 0 Å². The number of esters is 1. The Hall–Kier alpha value is -2.04. The fraction of sp³-hybridized carbons (Fsp3) is 0.579. The Bertz CT molecular complexity index is 590. The molecule has 1 aromatic carbocycles. The SMILES string of the molecule is CCOC(=O)C1CCN(C(=NC)NCc2ccc(C)cc2C)CC1. The first kappa shape index (κ1) is 18.3. The quantitative estimate of drug-likeness (QED) is 0.523. The maximum absolute atomic E-state index is 11.8. The summed E-state index contributed by atoms with van der Waals surface area (Å²) in [4.78, 5) is 18.5. The summed E-state index contributed by atoms with van der Waals surface area (Å²) in [5.41, 5.74) is 3.85. The van der Waals surface area contributed by atoms with Crippen molar-refractivity contribution in [1.29, 1.82) is 0 Å². The van der Waals surface area contributed by atoms with E-state index in [9.17, 15) is 4.79 Å². The Labute approximate surface area is 145 Å². The molecule has 1 aromatic rings. The first-order valence-electron chi connectivity index (χ1n) is 8.73. The second-order valence-electron chi connectivity index (χ2n) is 6.34. The van der Waals surface area contributed by atoms with Gasteiger partial charge < -0.3 is 15.0 Å². The minimum atomic E-state index is -0.0598. The van der Waals surface area contributed by atoms with Gasteiger partial charge in [0.1, 0.15) is 0 Å². The van der Waals surface area contributed by atoms with Crippen LogP contribution in [0.5, 0.6) is 0 Å². The molecule has 0 bridgehead atoms. The smallest absolute Gasteiger partial charge is 0.309 e. The van der Waals surface area contributed by atoms with Crippen LogP contribution in [0, 0.1) is 19.8 Å². The standard InChI is InChI=1S/C19H29N3O2/c1-5-24-18(23)16-8-10-22(11-9-16)19(20-4)21-13-17-7-6-14(2)12-15(17)3/h6-7,12,16H,5,8-11,13H2,1-4H3,(H,20,21). The summed E-state index contributed by atoms with van der Waals surface area (Å²) in [5, 5.41) is 3.44. The van der Waals surface area contributed by atoms with Gasteiger partial charge in [-0.3, -0.25) is 9.79 Å². The number of aliphatic imine (C=N–C) groups is 1. The Morgan fingerprint density at radius 1 is 1.33 bits per heavy atom. The summed E-state index contributed by atoms with van der Waals surface area (Å²) in [6.07, 6.45) is 1.65. The zero-order chi connectivity index (χ0) is 17.5. The monoisotopic (exact) mass is 331 g/mol. The van der Waals surface area contributed by atoms with Crippen molar-refractivity contribution in [2.24, 2.45) is 10.9 Å². The number of benzene rings is 1. The highest BCUT2D eigenvalue weighted by molar-refractivity contribution is 5.80. The highest BCUT2D eigenvalue weighted by atomic mass is 16.5. The van der Waals surface area contributed by atoms with Crippen LogP contribution in [0.3, 0.4) is 0 Å². The minimum Gasteiger partial charge on any atom is -0.466 e. The molecule has 1 saturated heterocycles.